The molecule has 3 N–H and O–H groups in total. The van der Waals surface area contributed by atoms with Crippen LogP contribution in [-0.4, -0.2) is 39.2 Å². The summed E-state index contributed by atoms with van der Waals surface area (Å²) in [5.41, 5.74) is 4.39. The fourth-order valence-electron chi connectivity index (χ4n) is 3.13. The van der Waals surface area contributed by atoms with Crippen molar-refractivity contribution in [3.05, 3.63) is 66.0 Å². The van der Waals surface area contributed by atoms with Crippen molar-refractivity contribution in [2.75, 3.05) is 23.8 Å². The summed E-state index contributed by atoms with van der Waals surface area (Å²) >= 11 is 0. The van der Waals surface area contributed by atoms with Crippen LogP contribution in [0.4, 0.5) is 11.6 Å². The minimum absolute atomic E-state index is 0.200. The summed E-state index contributed by atoms with van der Waals surface area (Å²) < 4.78 is 10.8. The van der Waals surface area contributed by atoms with Crippen molar-refractivity contribution in [1.82, 2.24) is 19.9 Å². The van der Waals surface area contributed by atoms with Crippen LogP contribution >= 0.6 is 0 Å². The Balaban J connectivity index is 1.19. The van der Waals surface area contributed by atoms with Crippen LogP contribution in [0.15, 0.2) is 54.9 Å². The van der Waals surface area contributed by atoms with E-state index >= 15 is 0 Å². The van der Waals surface area contributed by atoms with Gasteiger partial charge in [0.05, 0.1) is 48.2 Å². The van der Waals surface area contributed by atoms with Crippen LogP contribution in [-0.2, 0) is 11.3 Å². The molecule has 0 amide bonds. The van der Waals surface area contributed by atoms with Crippen molar-refractivity contribution < 1.29 is 9.47 Å². The van der Waals surface area contributed by atoms with E-state index in [2.05, 4.69) is 36.6 Å². The maximum Gasteiger partial charge on any atom is 0.321 e. The van der Waals surface area contributed by atoms with Gasteiger partial charge in [0.15, 0.2) is 0 Å². The largest absolute Gasteiger partial charge is 0.424 e. The summed E-state index contributed by atoms with van der Waals surface area (Å²) in [7, 11) is 0. The Bertz CT molecular complexity index is 1230. The number of nitriles is 1. The molecule has 0 saturated carbocycles. The topological polar surface area (TPSA) is 121 Å². The van der Waals surface area contributed by atoms with Gasteiger partial charge in [-0.25, -0.2) is 15.0 Å². The number of nitrogens with one attached hydrogen (secondary N) is 3. The molecular weight excluding hydrogens is 394 g/mol. The number of anilines is 2. The third-order valence-electron chi connectivity index (χ3n) is 4.84. The number of imidazole rings is 1. The van der Waals surface area contributed by atoms with E-state index in [-0.39, 0.29) is 6.01 Å². The van der Waals surface area contributed by atoms with Gasteiger partial charge < -0.3 is 25.1 Å². The van der Waals surface area contributed by atoms with Crippen molar-refractivity contribution in [2.45, 2.75) is 12.6 Å². The molecule has 9 nitrogen and oxygen atoms in total. The monoisotopic (exact) mass is 413 g/mol. The lowest BCUT2D eigenvalue weighted by Gasteiger charge is -2.27. The minimum atomic E-state index is 0.200. The Morgan fingerprint density at radius 2 is 1.94 bits per heavy atom. The summed E-state index contributed by atoms with van der Waals surface area (Å²) in [6.45, 7) is 2.11. The van der Waals surface area contributed by atoms with Crippen LogP contribution in [0.3, 0.4) is 0 Å². The first-order chi connectivity index (χ1) is 15.2. The second-order valence-corrected chi connectivity index (χ2v) is 7.16. The average molecular weight is 413 g/mol. The molecule has 3 heterocycles. The minimum Gasteiger partial charge on any atom is -0.424 e. The van der Waals surface area contributed by atoms with Crippen molar-refractivity contribution in [1.29, 1.82) is 5.26 Å². The van der Waals surface area contributed by atoms with Gasteiger partial charge in [0.25, 0.3) is 0 Å². The van der Waals surface area contributed by atoms with Crippen LogP contribution in [0.2, 0.25) is 0 Å². The summed E-state index contributed by atoms with van der Waals surface area (Å²) in [6.07, 6.45) is 2.85. The zero-order valence-electron chi connectivity index (χ0n) is 16.5. The molecule has 0 radical (unpaired) electrons. The van der Waals surface area contributed by atoms with Gasteiger partial charge in [0.2, 0.25) is 5.95 Å². The van der Waals surface area contributed by atoms with Crippen LogP contribution in [0.5, 0.6) is 11.8 Å². The standard InChI is InChI=1S/C22H19N7O2/c23-8-15-10-25-22(26-11-15)31-18-4-1-14(2-5-18)9-24-21-28-19-6-3-16(7-20(19)29-21)27-17-12-30-13-17/h1-7,10-11,17,27H,9,12-13H2,(H2,24,28,29). The Morgan fingerprint density at radius 1 is 1.13 bits per heavy atom. The first-order valence-corrected chi connectivity index (χ1v) is 9.82. The smallest absolute Gasteiger partial charge is 0.321 e. The molecule has 0 spiro atoms. The highest BCUT2D eigenvalue weighted by atomic mass is 16.5. The van der Waals surface area contributed by atoms with Crippen LogP contribution in [0.1, 0.15) is 11.1 Å². The van der Waals surface area contributed by atoms with E-state index in [1.165, 1.54) is 12.4 Å². The molecule has 1 aliphatic heterocycles. The number of aromatic amines is 1. The van der Waals surface area contributed by atoms with E-state index in [1.54, 1.807) is 0 Å². The first kappa shape index (κ1) is 18.8. The van der Waals surface area contributed by atoms with Crippen LogP contribution in [0.25, 0.3) is 11.0 Å². The van der Waals surface area contributed by atoms with Gasteiger partial charge in [-0.05, 0) is 35.9 Å². The number of benzene rings is 2. The van der Waals surface area contributed by atoms with Gasteiger partial charge in [-0.15, -0.1) is 0 Å². The predicted octanol–water partition coefficient (Wildman–Crippen LogP) is 3.44. The molecule has 5 rings (SSSR count). The molecule has 0 bridgehead atoms. The number of H-pyrrole nitrogens is 1. The third-order valence-corrected chi connectivity index (χ3v) is 4.84. The number of aromatic nitrogens is 4. The average Bonchev–Trinajstić information content (AvgIpc) is 3.18. The first-order valence-electron chi connectivity index (χ1n) is 9.82. The molecule has 1 fully saturated rings. The maximum atomic E-state index is 8.79. The number of hydrogen-bond donors (Lipinski definition) is 3. The summed E-state index contributed by atoms with van der Waals surface area (Å²) in [6, 6.07) is 16.2. The normalized spacial score (nSPS) is 13.4. The number of hydrogen-bond acceptors (Lipinski definition) is 8. The maximum absolute atomic E-state index is 8.79. The molecule has 2 aromatic heterocycles. The fourth-order valence-corrected chi connectivity index (χ4v) is 3.13. The lowest BCUT2D eigenvalue weighted by molar-refractivity contribution is 0.0211. The molecule has 31 heavy (non-hydrogen) atoms. The highest BCUT2D eigenvalue weighted by Crippen LogP contribution is 2.22. The van der Waals surface area contributed by atoms with E-state index in [0.717, 1.165) is 35.5 Å². The summed E-state index contributed by atoms with van der Waals surface area (Å²) in [4.78, 5) is 15.9. The van der Waals surface area contributed by atoms with Gasteiger partial charge in [-0.2, -0.15) is 5.26 Å². The van der Waals surface area contributed by atoms with Gasteiger partial charge >= 0.3 is 6.01 Å². The zero-order valence-corrected chi connectivity index (χ0v) is 16.5. The van der Waals surface area contributed by atoms with Gasteiger partial charge in [0.1, 0.15) is 11.8 Å². The number of fused-ring (bicyclic) bond motifs is 1. The predicted molar refractivity (Wildman–Crippen MR) is 115 cm³/mol. The number of rotatable bonds is 7. The molecule has 1 aliphatic rings. The SMILES string of the molecule is N#Cc1cnc(Oc2ccc(CNc3nc4ccc(NC5COC5)cc4[nH]3)cc2)nc1. The second kappa shape index (κ2) is 8.30. The van der Waals surface area contributed by atoms with Gasteiger partial charge in [-0.3, -0.25) is 0 Å². The summed E-state index contributed by atoms with van der Waals surface area (Å²) in [5, 5.41) is 15.5. The van der Waals surface area contributed by atoms with Crippen molar-refractivity contribution in [3.8, 4) is 17.8 Å². The van der Waals surface area contributed by atoms with Gasteiger partial charge in [-0.1, -0.05) is 12.1 Å². The lowest BCUT2D eigenvalue weighted by atomic mass is 10.2. The molecule has 154 valence electrons. The third kappa shape index (κ3) is 4.39. The molecule has 1 saturated heterocycles. The van der Waals surface area contributed by atoms with E-state index in [0.29, 0.717) is 29.8 Å². The Hall–Kier alpha value is -4.16. The van der Waals surface area contributed by atoms with E-state index in [1.807, 2.05) is 42.5 Å². The number of ether oxygens (including phenoxy) is 2. The Morgan fingerprint density at radius 3 is 2.65 bits per heavy atom. The quantitative estimate of drug-likeness (QED) is 0.421. The van der Waals surface area contributed by atoms with Crippen LogP contribution in [0, 0.1) is 11.3 Å². The van der Waals surface area contributed by atoms with Crippen molar-refractivity contribution in [3.63, 3.8) is 0 Å². The molecule has 0 aliphatic carbocycles. The van der Waals surface area contributed by atoms with E-state index in [9.17, 15) is 0 Å². The second-order valence-electron chi connectivity index (χ2n) is 7.16. The van der Waals surface area contributed by atoms with E-state index < -0.39 is 0 Å². The molecule has 4 aromatic rings. The Labute approximate surface area is 178 Å². The molecule has 0 unspecified atom stereocenters. The van der Waals surface area contributed by atoms with Crippen LogP contribution < -0.4 is 15.4 Å². The molecular formula is C22H19N7O2. The number of nitrogens with zero attached hydrogens (tertiary/aromatic N) is 4. The van der Waals surface area contributed by atoms with E-state index in [4.69, 9.17) is 14.7 Å². The Kier molecular flexibility index (Phi) is 5.04. The van der Waals surface area contributed by atoms with Crippen molar-refractivity contribution in [2.24, 2.45) is 0 Å². The highest BCUT2D eigenvalue weighted by Gasteiger charge is 2.17. The molecule has 9 heteroatoms. The van der Waals surface area contributed by atoms with Gasteiger partial charge in [0, 0.05) is 12.2 Å². The lowest BCUT2D eigenvalue weighted by Crippen LogP contribution is -2.40. The summed E-state index contributed by atoms with van der Waals surface area (Å²) in [5.74, 6) is 1.33. The van der Waals surface area contributed by atoms with Crippen molar-refractivity contribution >= 4 is 22.7 Å². The zero-order chi connectivity index (χ0) is 21.0. The highest BCUT2D eigenvalue weighted by molar-refractivity contribution is 5.81. The molecule has 2 aromatic carbocycles. The fraction of sp³-hybridized carbons (Fsp3) is 0.182. The molecule has 0 atom stereocenters.